The molecular formula is C19H18F2N4O. The molecule has 26 heavy (non-hydrogen) atoms. The van der Waals surface area contributed by atoms with Gasteiger partial charge in [-0.25, -0.2) is 23.5 Å². The summed E-state index contributed by atoms with van der Waals surface area (Å²) in [7, 11) is 1.75. The first-order valence-electron chi connectivity index (χ1n) is 8.12. The number of rotatable bonds is 1. The molecule has 2 amide bonds. The molecule has 0 bridgehead atoms. The van der Waals surface area contributed by atoms with E-state index in [0.29, 0.717) is 18.1 Å². The fourth-order valence-corrected chi connectivity index (χ4v) is 2.53. The van der Waals surface area contributed by atoms with Gasteiger partial charge < -0.3 is 4.90 Å². The van der Waals surface area contributed by atoms with Gasteiger partial charge in [0.15, 0.2) is 0 Å². The Morgan fingerprint density at radius 2 is 1.85 bits per heavy atom. The molecule has 2 aromatic rings. The van der Waals surface area contributed by atoms with Gasteiger partial charge in [0, 0.05) is 31.5 Å². The number of hydrogen-bond acceptors (Lipinski definition) is 3. The van der Waals surface area contributed by atoms with Crippen LogP contribution < -0.4 is 4.90 Å². The van der Waals surface area contributed by atoms with Crippen LogP contribution in [-0.2, 0) is 0 Å². The minimum absolute atomic E-state index is 0.0378. The van der Waals surface area contributed by atoms with Crippen molar-refractivity contribution in [1.82, 2.24) is 14.9 Å². The Hall–Kier alpha value is -3.01. The second-order valence-corrected chi connectivity index (χ2v) is 6.70. The van der Waals surface area contributed by atoms with E-state index >= 15 is 0 Å². The number of hydrogen-bond donors (Lipinski definition) is 0. The highest BCUT2D eigenvalue weighted by atomic mass is 19.1. The molecular weight excluding hydrogens is 338 g/mol. The molecule has 5 nitrogen and oxygen atoms in total. The van der Waals surface area contributed by atoms with E-state index < -0.39 is 11.6 Å². The zero-order chi connectivity index (χ0) is 18.9. The fourth-order valence-electron chi connectivity index (χ4n) is 2.53. The van der Waals surface area contributed by atoms with E-state index in [1.807, 2.05) is 13.8 Å². The molecule has 1 aromatic heterocycles. The Balaban J connectivity index is 1.79. The average molecular weight is 356 g/mol. The predicted octanol–water partition coefficient (Wildman–Crippen LogP) is 3.20. The summed E-state index contributed by atoms with van der Waals surface area (Å²) in [6, 6.07) is 2.93. The average Bonchev–Trinajstić information content (AvgIpc) is 2.61. The van der Waals surface area contributed by atoms with E-state index in [2.05, 4.69) is 21.8 Å². The highest BCUT2D eigenvalue weighted by Gasteiger charge is 2.37. The van der Waals surface area contributed by atoms with E-state index in [9.17, 15) is 13.6 Å². The van der Waals surface area contributed by atoms with Crippen molar-refractivity contribution in [3.63, 3.8) is 0 Å². The number of aromatic nitrogens is 2. The van der Waals surface area contributed by atoms with Crippen LogP contribution in [-0.4, -0.2) is 40.0 Å². The Bertz CT molecular complexity index is 900. The zero-order valence-electron chi connectivity index (χ0n) is 14.8. The van der Waals surface area contributed by atoms with Gasteiger partial charge >= 0.3 is 6.03 Å². The van der Waals surface area contributed by atoms with E-state index in [0.717, 1.165) is 24.6 Å². The Morgan fingerprint density at radius 3 is 2.54 bits per heavy atom. The van der Waals surface area contributed by atoms with Crippen molar-refractivity contribution >= 4 is 12.0 Å². The van der Waals surface area contributed by atoms with Crippen LogP contribution in [0.5, 0.6) is 0 Å². The van der Waals surface area contributed by atoms with Crippen LogP contribution in [0.1, 0.15) is 31.4 Å². The van der Waals surface area contributed by atoms with Crippen molar-refractivity contribution in [2.75, 3.05) is 18.5 Å². The molecule has 1 aromatic carbocycles. The standard InChI is InChI=1S/C19H18F2N4O/c1-19(2)8-9-25(18(26)24(19)3)17-22-11-13(12-23-17)4-5-14-10-15(20)6-7-16(14)21/h6-7,10-12H,8-9H2,1-3H3. The van der Waals surface area contributed by atoms with Gasteiger partial charge in [0.25, 0.3) is 0 Å². The molecule has 1 fully saturated rings. The molecule has 0 N–H and O–H groups in total. The van der Waals surface area contributed by atoms with Gasteiger partial charge in [0.05, 0.1) is 11.1 Å². The highest BCUT2D eigenvalue weighted by molar-refractivity contribution is 5.91. The van der Waals surface area contributed by atoms with Crippen molar-refractivity contribution in [2.45, 2.75) is 25.8 Å². The Kier molecular flexibility index (Phi) is 4.60. The largest absolute Gasteiger partial charge is 0.327 e. The lowest BCUT2D eigenvalue weighted by molar-refractivity contribution is 0.140. The van der Waals surface area contributed by atoms with Crippen molar-refractivity contribution in [2.24, 2.45) is 0 Å². The van der Waals surface area contributed by atoms with Gasteiger partial charge in [0.2, 0.25) is 5.95 Å². The third-order valence-corrected chi connectivity index (χ3v) is 4.52. The number of carbonyl (C=O) groups excluding carboxylic acids is 1. The second-order valence-electron chi connectivity index (χ2n) is 6.70. The number of benzene rings is 1. The van der Waals surface area contributed by atoms with Crippen LogP contribution >= 0.6 is 0 Å². The van der Waals surface area contributed by atoms with Crippen molar-refractivity contribution < 1.29 is 13.6 Å². The van der Waals surface area contributed by atoms with E-state index in [1.54, 1.807) is 11.9 Å². The van der Waals surface area contributed by atoms with Crippen LogP contribution in [0.15, 0.2) is 30.6 Å². The van der Waals surface area contributed by atoms with Gasteiger partial charge in [-0.3, -0.25) is 4.90 Å². The summed E-state index contributed by atoms with van der Waals surface area (Å²) in [5, 5.41) is 0. The number of carbonyl (C=O) groups is 1. The number of amides is 2. The summed E-state index contributed by atoms with van der Waals surface area (Å²) in [5.41, 5.74) is 0.188. The molecule has 3 rings (SSSR count). The maximum absolute atomic E-state index is 13.6. The van der Waals surface area contributed by atoms with Crippen molar-refractivity contribution in [3.8, 4) is 11.8 Å². The SMILES string of the molecule is CN1C(=O)N(c2ncc(C#Cc3cc(F)ccc3F)cn2)CCC1(C)C. The summed E-state index contributed by atoms with van der Waals surface area (Å²) in [5.74, 6) is 4.40. The first-order valence-corrected chi connectivity index (χ1v) is 8.12. The van der Waals surface area contributed by atoms with Crippen molar-refractivity contribution in [1.29, 1.82) is 0 Å². The zero-order valence-corrected chi connectivity index (χ0v) is 14.8. The minimum atomic E-state index is -0.596. The molecule has 1 saturated heterocycles. The third kappa shape index (κ3) is 3.49. The molecule has 0 unspecified atom stereocenters. The first-order chi connectivity index (χ1) is 12.3. The topological polar surface area (TPSA) is 49.3 Å². The highest BCUT2D eigenvalue weighted by Crippen LogP contribution is 2.26. The summed E-state index contributed by atoms with van der Waals surface area (Å²) in [4.78, 5) is 24.0. The van der Waals surface area contributed by atoms with Crippen LogP contribution in [0.4, 0.5) is 19.5 Å². The number of urea groups is 1. The summed E-state index contributed by atoms with van der Waals surface area (Å²) < 4.78 is 26.7. The predicted molar refractivity (Wildman–Crippen MR) is 93.6 cm³/mol. The smallest absolute Gasteiger partial charge is 0.322 e. The van der Waals surface area contributed by atoms with E-state index in [-0.39, 0.29) is 17.1 Å². The third-order valence-electron chi connectivity index (χ3n) is 4.52. The molecule has 0 radical (unpaired) electrons. The van der Waals surface area contributed by atoms with Gasteiger partial charge in [-0.05, 0) is 38.5 Å². The molecule has 0 saturated carbocycles. The maximum atomic E-state index is 13.6. The van der Waals surface area contributed by atoms with E-state index in [4.69, 9.17) is 0 Å². The number of anilines is 1. The molecule has 1 aliphatic rings. The lowest BCUT2D eigenvalue weighted by atomic mass is 9.96. The summed E-state index contributed by atoms with van der Waals surface area (Å²) in [6.45, 7) is 4.54. The minimum Gasteiger partial charge on any atom is -0.322 e. The maximum Gasteiger partial charge on any atom is 0.327 e. The fraction of sp³-hybridized carbons (Fsp3) is 0.316. The van der Waals surface area contributed by atoms with Gasteiger partial charge in [-0.2, -0.15) is 0 Å². The molecule has 0 aliphatic carbocycles. The Morgan fingerprint density at radius 1 is 1.15 bits per heavy atom. The first kappa shape index (κ1) is 17.8. The van der Waals surface area contributed by atoms with Crippen molar-refractivity contribution in [3.05, 3.63) is 53.4 Å². The molecule has 2 heterocycles. The second kappa shape index (κ2) is 6.71. The quantitative estimate of drug-likeness (QED) is 0.738. The Labute approximate surface area is 150 Å². The van der Waals surface area contributed by atoms with Crippen LogP contribution in [0.2, 0.25) is 0 Å². The lowest BCUT2D eigenvalue weighted by Gasteiger charge is -2.43. The molecule has 134 valence electrons. The van der Waals surface area contributed by atoms with Crippen LogP contribution in [0.25, 0.3) is 0 Å². The van der Waals surface area contributed by atoms with E-state index in [1.165, 1.54) is 17.3 Å². The monoisotopic (exact) mass is 356 g/mol. The lowest BCUT2D eigenvalue weighted by Crippen LogP contribution is -2.58. The normalized spacial score (nSPS) is 16.3. The number of nitrogens with zero attached hydrogens (tertiary/aromatic N) is 4. The van der Waals surface area contributed by atoms with Crippen LogP contribution in [0, 0.1) is 23.5 Å². The summed E-state index contributed by atoms with van der Waals surface area (Å²) >= 11 is 0. The molecule has 0 atom stereocenters. The molecule has 0 spiro atoms. The van der Waals surface area contributed by atoms with Gasteiger partial charge in [-0.15, -0.1) is 0 Å². The van der Waals surface area contributed by atoms with Gasteiger partial charge in [0.1, 0.15) is 11.6 Å². The number of halogens is 2. The summed E-state index contributed by atoms with van der Waals surface area (Å²) in [6.07, 6.45) is 3.71. The molecule has 1 aliphatic heterocycles. The van der Waals surface area contributed by atoms with Gasteiger partial charge in [-0.1, -0.05) is 11.8 Å². The molecule has 7 heteroatoms. The van der Waals surface area contributed by atoms with Crippen LogP contribution in [0.3, 0.4) is 0 Å².